The van der Waals surface area contributed by atoms with Gasteiger partial charge in [-0.05, 0) is 46.1 Å². The number of rotatable bonds is 5. The summed E-state index contributed by atoms with van der Waals surface area (Å²) in [6.45, 7) is 0. The molecule has 0 aliphatic heterocycles. The van der Waals surface area contributed by atoms with Gasteiger partial charge in [-0.15, -0.1) is 0 Å². The van der Waals surface area contributed by atoms with Gasteiger partial charge in [-0.1, -0.05) is 30.3 Å². The Hall–Kier alpha value is -1.46. The van der Waals surface area contributed by atoms with Crippen molar-refractivity contribution in [3.8, 4) is 0 Å². The first kappa shape index (κ1) is 14.9. The van der Waals surface area contributed by atoms with Crippen LogP contribution in [0.3, 0.4) is 0 Å². The summed E-state index contributed by atoms with van der Waals surface area (Å²) >= 11 is 3.35. The highest BCUT2D eigenvalue weighted by atomic mass is 79.9. The van der Waals surface area contributed by atoms with Crippen LogP contribution in [-0.2, 0) is 21.1 Å². The topological polar surface area (TPSA) is 51.2 Å². The van der Waals surface area contributed by atoms with Crippen LogP contribution < -0.4 is 0 Å². The van der Waals surface area contributed by atoms with Crippen LogP contribution in [0.2, 0.25) is 0 Å². The summed E-state index contributed by atoms with van der Waals surface area (Å²) in [6.07, 6.45) is 1.71. The lowest BCUT2D eigenvalue weighted by Crippen LogP contribution is -2.04. The highest BCUT2D eigenvalue weighted by molar-refractivity contribution is 9.10. The summed E-state index contributed by atoms with van der Waals surface area (Å²) in [5, 5.41) is 0. The standard InChI is InChI=1S/C15H13BrO3S/c16-15-12(7-5-11-17)6-4-10-14(15)20(18,19)13-8-2-1-3-9-13/h1-4,6,8-11H,5,7H2. The highest BCUT2D eigenvalue weighted by Crippen LogP contribution is 2.30. The zero-order valence-corrected chi connectivity index (χ0v) is 13.0. The minimum absolute atomic E-state index is 0.229. The zero-order valence-electron chi connectivity index (χ0n) is 10.6. The molecule has 0 saturated carbocycles. The Morgan fingerprint density at radius 3 is 2.35 bits per heavy atom. The average molecular weight is 353 g/mol. The van der Waals surface area contributed by atoms with E-state index < -0.39 is 9.84 Å². The van der Waals surface area contributed by atoms with Crippen molar-refractivity contribution in [2.75, 3.05) is 0 Å². The second kappa shape index (κ2) is 6.33. The molecule has 2 rings (SSSR count). The number of halogens is 1. The predicted octanol–water partition coefficient (Wildman–Crippen LogP) is 3.41. The van der Waals surface area contributed by atoms with Crippen molar-refractivity contribution in [2.24, 2.45) is 0 Å². The first-order chi connectivity index (χ1) is 9.57. The van der Waals surface area contributed by atoms with E-state index in [2.05, 4.69) is 15.9 Å². The van der Waals surface area contributed by atoms with E-state index in [9.17, 15) is 13.2 Å². The number of aryl methyl sites for hydroxylation is 1. The Labute approximate surface area is 126 Å². The second-order valence-electron chi connectivity index (χ2n) is 4.25. The smallest absolute Gasteiger partial charge is 0.207 e. The number of benzene rings is 2. The maximum absolute atomic E-state index is 12.6. The molecule has 0 atom stereocenters. The van der Waals surface area contributed by atoms with Gasteiger partial charge in [0.15, 0.2) is 0 Å². The summed E-state index contributed by atoms with van der Waals surface area (Å²) in [4.78, 5) is 10.9. The Kier molecular flexibility index (Phi) is 4.73. The van der Waals surface area contributed by atoms with Crippen molar-refractivity contribution in [1.82, 2.24) is 0 Å². The third-order valence-corrected chi connectivity index (χ3v) is 5.93. The SMILES string of the molecule is O=CCCc1cccc(S(=O)(=O)c2ccccc2)c1Br. The number of sulfone groups is 1. The number of carbonyl (C=O) groups is 1. The molecular formula is C15H13BrO3S. The molecule has 0 radical (unpaired) electrons. The van der Waals surface area contributed by atoms with E-state index in [1.807, 2.05) is 6.07 Å². The highest BCUT2D eigenvalue weighted by Gasteiger charge is 2.21. The van der Waals surface area contributed by atoms with Crippen LogP contribution in [0.1, 0.15) is 12.0 Å². The first-order valence-corrected chi connectivity index (χ1v) is 8.36. The van der Waals surface area contributed by atoms with Crippen molar-refractivity contribution in [3.05, 3.63) is 58.6 Å². The third-order valence-electron chi connectivity index (χ3n) is 2.92. The van der Waals surface area contributed by atoms with E-state index in [-0.39, 0.29) is 9.79 Å². The molecule has 0 saturated heterocycles. The molecule has 20 heavy (non-hydrogen) atoms. The molecule has 0 N–H and O–H groups in total. The van der Waals surface area contributed by atoms with E-state index in [0.29, 0.717) is 17.3 Å². The molecule has 0 heterocycles. The van der Waals surface area contributed by atoms with Crippen molar-refractivity contribution in [3.63, 3.8) is 0 Å². The Bertz CT molecular complexity index is 709. The molecule has 0 fully saturated rings. The van der Waals surface area contributed by atoms with Crippen molar-refractivity contribution < 1.29 is 13.2 Å². The van der Waals surface area contributed by atoms with E-state index in [4.69, 9.17) is 0 Å². The van der Waals surface area contributed by atoms with Gasteiger partial charge < -0.3 is 4.79 Å². The van der Waals surface area contributed by atoms with Crippen LogP contribution in [0, 0.1) is 0 Å². The number of carbonyl (C=O) groups excluding carboxylic acids is 1. The number of hydrogen-bond donors (Lipinski definition) is 0. The molecule has 0 aliphatic carbocycles. The summed E-state index contributed by atoms with van der Waals surface area (Å²) in [6, 6.07) is 13.4. The summed E-state index contributed by atoms with van der Waals surface area (Å²) in [7, 11) is -3.55. The van der Waals surface area contributed by atoms with Crippen LogP contribution in [0.4, 0.5) is 0 Å². The van der Waals surface area contributed by atoms with Gasteiger partial charge in [-0.2, -0.15) is 0 Å². The van der Waals surface area contributed by atoms with Crippen molar-refractivity contribution in [1.29, 1.82) is 0 Å². The van der Waals surface area contributed by atoms with E-state index in [1.165, 1.54) is 0 Å². The molecular weight excluding hydrogens is 340 g/mol. The van der Waals surface area contributed by atoms with Gasteiger partial charge in [0.25, 0.3) is 0 Å². The normalized spacial score (nSPS) is 11.2. The molecule has 5 heteroatoms. The van der Waals surface area contributed by atoms with Crippen molar-refractivity contribution in [2.45, 2.75) is 22.6 Å². The first-order valence-electron chi connectivity index (χ1n) is 6.08. The maximum Gasteiger partial charge on any atom is 0.207 e. The molecule has 0 amide bonds. The fourth-order valence-corrected chi connectivity index (χ4v) is 4.39. The van der Waals surface area contributed by atoms with E-state index >= 15 is 0 Å². The molecule has 0 unspecified atom stereocenters. The van der Waals surface area contributed by atoms with Gasteiger partial charge in [-0.25, -0.2) is 8.42 Å². The fourth-order valence-electron chi connectivity index (χ4n) is 1.90. The van der Waals surface area contributed by atoms with Gasteiger partial charge in [0.2, 0.25) is 9.84 Å². The van der Waals surface area contributed by atoms with Crippen LogP contribution in [0.25, 0.3) is 0 Å². The lowest BCUT2D eigenvalue weighted by Gasteiger charge is -2.10. The molecule has 104 valence electrons. The molecule has 0 aliphatic rings. The van der Waals surface area contributed by atoms with Gasteiger partial charge in [-0.3, -0.25) is 0 Å². The second-order valence-corrected chi connectivity index (χ2v) is 6.96. The lowest BCUT2D eigenvalue weighted by atomic mass is 10.1. The van der Waals surface area contributed by atoms with Crippen LogP contribution in [0.5, 0.6) is 0 Å². The van der Waals surface area contributed by atoms with Gasteiger partial charge in [0, 0.05) is 10.9 Å². The van der Waals surface area contributed by atoms with Gasteiger partial charge in [0.05, 0.1) is 9.79 Å². The monoisotopic (exact) mass is 352 g/mol. The molecule has 0 aromatic heterocycles. The molecule has 0 bridgehead atoms. The summed E-state index contributed by atoms with van der Waals surface area (Å²) in [5.41, 5.74) is 0.814. The molecule has 0 spiro atoms. The van der Waals surface area contributed by atoms with Crippen LogP contribution in [-0.4, -0.2) is 14.7 Å². The van der Waals surface area contributed by atoms with Crippen LogP contribution >= 0.6 is 15.9 Å². The number of hydrogen-bond acceptors (Lipinski definition) is 3. The summed E-state index contributed by atoms with van der Waals surface area (Å²) in [5.74, 6) is 0. The largest absolute Gasteiger partial charge is 0.303 e. The molecule has 2 aromatic carbocycles. The van der Waals surface area contributed by atoms with E-state index in [0.717, 1.165) is 11.8 Å². The zero-order chi connectivity index (χ0) is 14.6. The minimum Gasteiger partial charge on any atom is -0.303 e. The Morgan fingerprint density at radius 2 is 1.70 bits per heavy atom. The fraction of sp³-hybridized carbons (Fsp3) is 0.133. The third kappa shape index (κ3) is 2.99. The maximum atomic E-state index is 12.6. The Balaban J connectivity index is 2.50. The van der Waals surface area contributed by atoms with Gasteiger partial charge in [0.1, 0.15) is 6.29 Å². The number of aldehydes is 1. The van der Waals surface area contributed by atoms with Crippen LogP contribution in [0.15, 0.2) is 62.8 Å². The minimum atomic E-state index is -3.55. The quantitative estimate of drug-likeness (QED) is 0.774. The van der Waals surface area contributed by atoms with Crippen molar-refractivity contribution >= 4 is 32.1 Å². The summed E-state index contributed by atoms with van der Waals surface area (Å²) < 4.78 is 25.7. The van der Waals surface area contributed by atoms with Gasteiger partial charge >= 0.3 is 0 Å². The Morgan fingerprint density at radius 1 is 1.00 bits per heavy atom. The lowest BCUT2D eigenvalue weighted by molar-refractivity contribution is -0.107. The predicted molar refractivity (Wildman–Crippen MR) is 80.4 cm³/mol. The molecule has 3 nitrogen and oxygen atoms in total. The molecule has 2 aromatic rings. The average Bonchev–Trinajstić information content (AvgIpc) is 2.47. The van der Waals surface area contributed by atoms with E-state index in [1.54, 1.807) is 42.5 Å².